The summed E-state index contributed by atoms with van der Waals surface area (Å²) in [5, 5.41) is 0.649. The van der Waals surface area contributed by atoms with Crippen molar-refractivity contribution in [2.75, 3.05) is 5.75 Å². The second-order valence-corrected chi connectivity index (χ2v) is 3.18. The highest BCUT2D eigenvalue weighted by Gasteiger charge is 2.21. The second-order valence-electron chi connectivity index (χ2n) is 2.22. The van der Waals surface area contributed by atoms with E-state index in [1.807, 2.05) is 0 Å². The Morgan fingerprint density at radius 3 is 3.27 bits per heavy atom. The molecule has 1 aromatic rings. The number of ketones is 1. The van der Waals surface area contributed by atoms with Crippen molar-refractivity contribution >= 4 is 17.5 Å². The predicted octanol–water partition coefficient (Wildman–Crippen LogP) is 1.51. The third-order valence-electron chi connectivity index (χ3n) is 1.46. The van der Waals surface area contributed by atoms with E-state index in [0.717, 1.165) is 6.20 Å². The van der Waals surface area contributed by atoms with Crippen molar-refractivity contribution in [3.05, 3.63) is 23.6 Å². The van der Waals surface area contributed by atoms with E-state index in [0.29, 0.717) is 16.3 Å². The first kappa shape index (κ1) is 6.79. The number of carbonyl (C=O) groups excluding carboxylic acids is 1. The van der Waals surface area contributed by atoms with Gasteiger partial charge in [-0.15, -0.1) is 0 Å². The lowest BCUT2D eigenvalue weighted by molar-refractivity contribution is 0.102. The molecule has 0 fully saturated rings. The number of rotatable bonds is 0. The van der Waals surface area contributed by atoms with E-state index in [9.17, 15) is 9.18 Å². The monoisotopic (exact) mass is 169 g/mol. The smallest absolute Gasteiger partial charge is 0.175 e. The first-order valence-corrected chi connectivity index (χ1v) is 4.07. The topological polar surface area (TPSA) is 30.0 Å². The maximum absolute atomic E-state index is 12.5. The normalized spacial score (nSPS) is 15.2. The van der Waals surface area contributed by atoms with Crippen molar-refractivity contribution < 1.29 is 9.18 Å². The Morgan fingerprint density at radius 2 is 2.45 bits per heavy atom. The summed E-state index contributed by atoms with van der Waals surface area (Å²) >= 11 is 1.36. The average molecular weight is 169 g/mol. The molecule has 0 saturated carbocycles. The minimum absolute atomic E-state index is 0.0306. The van der Waals surface area contributed by atoms with E-state index in [2.05, 4.69) is 4.98 Å². The summed E-state index contributed by atoms with van der Waals surface area (Å²) in [6.45, 7) is 0. The van der Waals surface area contributed by atoms with Crippen molar-refractivity contribution in [1.29, 1.82) is 0 Å². The summed E-state index contributed by atoms with van der Waals surface area (Å²) in [5.41, 5.74) is 0.426. The van der Waals surface area contributed by atoms with Gasteiger partial charge in [-0.3, -0.25) is 4.79 Å². The summed E-state index contributed by atoms with van der Waals surface area (Å²) in [5.74, 6) is -0.0807. The molecule has 1 aromatic heterocycles. The first-order chi connectivity index (χ1) is 5.27. The Kier molecular flexibility index (Phi) is 1.42. The molecule has 1 aliphatic rings. The molecule has 1 aliphatic heterocycles. The standard InChI is InChI=1S/C7H4FNOS/c8-4-1-5-6(10)3-11-7(5)9-2-4/h1-2H,3H2. The molecule has 0 spiro atoms. The molecule has 0 bridgehead atoms. The Balaban J connectivity index is 2.60. The largest absolute Gasteiger partial charge is 0.293 e. The lowest BCUT2D eigenvalue weighted by Gasteiger charge is -1.92. The average Bonchev–Trinajstić information content (AvgIpc) is 2.33. The van der Waals surface area contributed by atoms with Crippen LogP contribution >= 0.6 is 11.8 Å². The van der Waals surface area contributed by atoms with E-state index >= 15 is 0 Å². The highest BCUT2D eigenvalue weighted by molar-refractivity contribution is 8.00. The molecular weight excluding hydrogens is 165 g/mol. The number of halogens is 1. The minimum atomic E-state index is -0.445. The first-order valence-electron chi connectivity index (χ1n) is 3.09. The number of Topliss-reactive ketones (excluding diaryl/α,β-unsaturated/α-hetero) is 1. The Hall–Kier alpha value is -0.900. The van der Waals surface area contributed by atoms with Gasteiger partial charge in [0.2, 0.25) is 0 Å². The predicted molar refractivity (Wildman–Crippen MR) is 39.2 cm³/mol. The van der Waals surface area contributed by atoms with Gasteiger partial charge in [-0.05, 0) is 6.07 Å². The zero-order chi connectivity index (χ0) is 7.84. The van der Waals surface area contributed by atoms with E-state index in [4.69, 9.17) is 0 Å². The van der Waals surface area contributed by atoms with Crippen LogP contribution in [0.2, 0.25) is 0 Å². The number of pyridine rings is 1. The van der Waals surface area contributed by atoms with Crippen molar-refractivity contribution in [2.24, 2.45) is 0 Å². The molecule has 0 amide bonds. The third kappa shape index (κ3) is 1.03. The van der Waals surface area contributed by atoms with Crippen molar-refractivity contribution in [3.8, 4) is 0 Å². The minimum Gasteiger partial charge on any atom is -0.293 e. The molecule has 0 unspecified atom stereocenters. The van der Waals surface area contributed by atoms with Crippen LogP contribution in [0.5, 0.6) is 0 Å². The van der Waals surface area contributed by atoms with Gasteiger partial charge in [-0.25, -0.2) is 9.37 Å². The molecule has 11 heavy (non-hydrogen) atoms. The van der Waals surface area contributed by atoms with Crippen LogP contribution in [0.15, 0.2) is 17.3 Å². The van der Waals surface area contributed by atoms with Gasteiger partial charge in [0.25, 0.3) is 0 Å². The van der Waals surface area contributed by atoms with Gasteiger partial charge in [-0.2, -0.15) is 0 Å². The Bertz CT molecular complexity index is 326. The van der Waals surface area contributed by atoms with Gasteiger partial charge in [0.05, 0.1) is 17.5 Å². The van der Waals surface area contributed by atoms with E-state index < -0.39 is 5.82 Å². The molecule has 0 N–H and O–H groups in total. The fourth-order valence-corrected chi connectivity index (χ4v) is 1.83. The quantitative estimate of drug-likeness (QED) is 0.589. The summed E-state index contributed by atoms with van der Waals surface area (Å²) in [7, 11) is 0. The van der Waals surface area contributed by atoms with Gasteiger partial charge in [-0.1, -0.05) is 11.8 Å². The molecule has 0 saturated heterocycles. The molecule has 0 aromatic carbocycles. The Morgan fingerprint density at radius 1 is 1.64 bits per heavy atom. The zero-order valence-corrected chi connectivity index (χ0v) is 6.32. The van der Waals surface area contributed by atoms with Crippen LogP contribution in [0.3, 0.4) is 0 Å². The number of fused-ring (bicyclic) bond motifs is 1. The van der Waals surface area contributed by atoms with E-state index in [-0.39, 0.29) is 5.78 Å². The van der Waals surface area contributed by atoms with Gasteiger partial charge in [0.1, 0.15) is 10.8 Å². The highest BCUT2D eigenvalue weighted by atomic mass is 32.2. The molecule has 2 heterocycles. The molecule has 0 atom stereocenters. The maximum atomic E-state index is 12.5. The second kappa shape index (κ2) is 2.30. The molecule has 56 valence electrons. The SMILES string of the molecule is O=C1CSc2ncc(F)cc21. The van der Waals surface area contributed by atoms with Crippen LogP contribution < -0.4 is 0 Å². The molecule has 4 heteroatoms. The van der Waals surface area contributed by atoms with Crippen LogP contribution in [-0.4, -0.2) is 16.5 Å². The number of hydrogen-bond donors (Lipinski definition) is 0. The highest BCUT2D eigenvalue weighted by Crippen LogP contribution is 2.28. The number of aromatic nitrogens is 1. The number of thioether (sulfide) groups is 1. The fraction of sp³-hybridized carbons (Fsp3) is 0.143. The number of carbonyl (C=O) groups is 1. The van der Waals surface area contributed by atoms with Gasteiger partial charge in [0.15, 0.2) is 5.78 Å². The van der Waals surface area contributed by atoms with Crippen molar-refractivity contribution in [3.63, 3.8) is 0 Å². The number of nitrogens with zero attached hydrogens (tertiary/aromatic N) is 1. The van der Waals surface area contributed by atoms with Crippen LogP contribution in [0.1, 0.15) is 10.4 Å². The van der Waals surface area contributed by atoms with Crippen molar-refractivity contribution in [2.45, 2.75) is 5.03 Å². The molecule has 2 rings (SSSR count). The third-order valence-corrected chi connectivity index (χ3v) is 2.46. The van der Waals surface area contributed by atoms with Crippen LogP contribution in [0.4, 0.5) is 4.39 Å². The lowest BCUT2D eigenvalue weighted by Crippen LogP contribution is -1.96. The maximum Gasteiger partial charge on any atom is 0.175 e. The van der Waals surface area contributed by atoms with Crippen LogP contribution in [0, 0.1) is 5.82 Å². The summed E-state index contributed by atoms with van der Waals surface area (Å²) in [6, 6.07) is 1.24. The van der Waals surface area contributed by atoms with Crippen LogP contribution in [-0.2, 0) is 0 Å². The van der Waals surface area contributed by atoms with Gasteiger partial charge >= 0.3 is 0 Å². The summed E-state index contributed by atoms with van der Waals surface area (Å²) < 4.78 is 12.5. The molecule has 0 aliphatic carbocycles. The summed E-state index contributed by atoms with van der Waals surface area (Å²) in [6.07, 6.45) is 1.13. The van der Waals surface area contributed by atoms with Crippen LogP contribution in [0.25, 0.3) is 0 Å². The zero-order valence-electron chi connectivity index (χ0n) is 5.50. The van der Waals surface area contributed by atoms with Gasteiger partial charge < -0.3 is 0 Å². The molecule has 2 nitrogen and oxygen atoms in total. The lowest BCUT2D eigenvalue weighted by atomic mass is 10.2. The van der Waals surface area contributed by atoms with Crippen molar-refractivity contribution in [1.82, 2.24) is 4.98 Å². The summed E-state index contributed by atoms with van der Waals surface area (Å²) in [4.78, 5) is 14.8. The number of hydrogen-bond acceptors (Lipinski definition) is 3. The fourth-order valence-electron chi connectivity index (χ4n) is 0.953. The van der Waals surface area contributed by atoms with E-state index in [1.165, 1.54) is 17.8 Å². The van der Waals surface area contributed by atoms with E-state index in [1.54, 1.807) is 0 Å². The molecular formula is C7H4FNOS. The Labute approximate surface area is 66.8 Å². The molecule has 0 radical (unpaired) electrons. The van der Waals surface area contributed by atoms with Gasteiger partial charge in [0, 0.05) is 0 Å².